The average molecular weight is 292 g/mol. The lowest BCUT2D eigenvalue weighted by Crippen LogP contribution is -2.48. The highest BCUT2D eigenvalue weighted by atomic mass is 15.2. The summed E-state index contributed by atoms with van der Waals surface area (Å²) >= 11 is 0. The molecule has 120 valence electrons. The van der Waals surface area contributed by atoms with Gasteiger partial charge in [0.2, 0.25) is 0 Å². The molecule has 0 amide bonds. The average Bonchev–Trinajstić information content (AvgIpc) is 2.89. The van der Waals surface area contributed by atoms with Crippen molar-refractivity contribution in [3.8, 4) is 6.07 Å². The monoisotopic (exact) mass is 292 g/mol. The molecule has 0 aromatic heterocycles. The smallest absolute Gasteiger partial charge is 0.109 e. The Morgan fingerprint density at radius 3 is 2.57 bits per heavy atom. The summed E-state index contributed by atoms with van der Waals surface area (Å²) in [5.41, 5.74) is -0.239. The summed E-state index contributed by atoms with van der Waals surface area (Å²) in [6, 6.07) is 3.36. The van der Waals surface area contributed by atoms with E-state index in [4.69, 9.17) is 0 Å². The molecule has 4 nitrogen and oxygen atoms in total. The van der Waals surface area contributed by atoms with Gasteiger partial charge in [0.05, 0.1) is 6.07 Å². The van der Waals surface area contributed by atoms with Crippen LogP contribution in [0.5, 0.6) is 0 Å². The normalized spacial score (nSPS) is 31.7. The van der Waals surface area contributed by atoms with Crippen molar-refractivity contribution >= 4 is 0 Å². The summed E-state index contributed by atoms with van der Waals surface area (Å²) in [4.78, 5) is 4.96. The third-order valence-electron chi connectivity index (χ3n) is 5.59. The first-order chi connectivity index (χ1) is 10.1. The molecule has 2 aliphatic rings. The zero-order chi connectivity index (χ0) is 15.3. The van der Waals surface area contributed by atoms with Crippen LogP contribution in [0.25, 0.3) is 0 Å². The van der Waals surface area contributed by atoms with E-state index in [1.54, 1.807) is 0 Å². The molecule has 0 radical (unpaired) electrons. The Labute approximate surface area is 130 Å². The molecule has 2 rings (SSSR count). The molecule has 0 aromatic carbocycles. The standard InChI is InChI=1S/C17H32N4/c1-4-19-17(14-18)10-5-6-15(17)7-11-21-12-8-16(9-13-21)20(2)3/h15-16,19H,4-13H2,1-3H3. The molecule has 1 saturated carbocycles. The number of piperidine rings is 1. The topological polar surface area (TPSA) is 42.3 Å². The van der Waals surface area contributed by atoms with Gasteiger partial charge in [0.25, 0.3) is 0 Å². The van der Waals surface area contributed by atoms with Crippen LogP contribution in [0.15, 0.2) is 0 Å². The first-order valence-corrected chi connectivity index (χ1v) is 8.66. The van der Waals surface area contributed by atoms with Gasteiger partial charge in [0, 0.05) is 6.04 Å². The van der Waals surface area contributed by atoms with E-state index in [9.17, 15) is 5.26 Å². The van der Waals surface area contributed by atoms with Crippen molar-refractivity contribution in [2.45, 2.75) is 57.0 Å². The molecule has 21 heavy (non-hydrogen) atoms. The minimum atomic E-state index is -0.239. The van der Waals surface area contributed by atoms with Crippen LogP contribution >= 0.6 is 0 Å². The highest BCUT2D eigenvalue weighted by Crippen LogP contribution is 2.37. The Morgan fingerprint density at radius 2 is 2.00 bits per heavy atom. The minimum absolute atomic E-state index is 0.239. The summed E-state index contributed by atoms with van der Waals surface area (Å²) in [7, 11) is 4.38. The maximum Gasteiger partial charge on any atom is 0.109 e. The van der Waals surface area contributed by atoms with Crippen molar-refractivity contribution in [1.82, 2.24) is 15.1 Å². The maximum atomic E-state index is 9.62. The van der Waals surface area contributed by atoms with E-state index in [2.05, 4.69) is 42.2 Å². The third-order valence-corrected chi connectivity index (χ3v) is 5.59. The molecule has 0 aromatic rings. The predicted octanol–water partition coefficient (Wildman–Crippen LogP) is 2.07. The lowest BCUT2D eigenvalue weighted by molar-refractivity contribution is 0.134. The summed E-state index contributed by atoms with van der Waals surface area (Å²) in [6.07, 6.45) is 7.20. The quantitative estimate of drug-likeness (QED) is 0.814. The van der Waals surface area contributed by atoms with Crippen LogP contribution in [0, 0.1) is 17.2 Å². The molecule has 1 aliphatic carbocycles. The number of nitriles is 1. The lowest BCUT2D eigenvalue weighted by atomic mass is 9.85. The molecule has 1 heterocycles. The molecular formula is C17H32N4. The van der Waals surface area contributed by atoms with Gasteiger partial charge in [0.15, 0.2) is 0 Å². The fourth-order valence-corrected chi connectivity index (χ4v) is 4.20. The van der Waals surface area contributed by atoms with E-state index < -0.39 is 0 Å². The first kappa shape index (κ1) is 16.7. The maximum absolute atomic E-state index is 9.62. The Kier molecular flexibility index (Phi) is 6.04. The molecule has 1 aliphatic heterocycles. The number of hydrogen-bond acceptors (Lipinski definition) is 4. The van der Waals surface area contributed by atoms with E-state index in [-0.39, 0.29) is 5.54 Å². The number of hydrogen-bond donors (Lipinski definition) is 1. The highest BCUT2D eigenvalue weighted by molar-refractivity contribution is 5.14. The van der Waals surface area contributed by atoms with Crippen LogP contribution in [0.1, 0.15) is 45.4 Å². The van der Waals surface area contributed by atoms with Gasteiger partial charge in [-0.1, -0.05) is 13.3 Å². The Balaban J connectivity index is 1.79. The fourth-order valence-electron chi connectivity index (χ4n) is 4.20. The van der Waals surface area contributed by atoms with Gasteiger partial charge < -0.3 is 9.80 Å². The second kappa shape index (κ2) is 7.58. The van der Waals surface area contributed by atoms with Crippen molar-refractivity contribution in [1.29, 1.82) is 5.26 Å². The Bertz CT molecular complexity index is 354. The number of nitrogens with one attached hydrogen (secondary N) is 1. The van der Waals surface area contributed by atoms with Gasteiger partial charge in [-0.15, -0.1) is 0 Å². The fraction of sp³-hybridized carbons (Fsp3) is 0.941. The van der Waals surface area contributed by atoms with E-state index in [1.807, 2.05) is 0 Å². The summed E-state index contributed by atoms with van der Waals surface area (Å²) in [5.74, 6) is 0.536. The first-order valence-electron chi connectivity index (χ1n) is 8.66. The predicted molar refractivity (Wildman–Crippen MR) is 87.1 cm³/mol. The van der Waals surface area contributed by atoms with Crippen LogP contribution in [0.2, 0.25) is 0 Å². The van der Waals surface area contributed by atoms with Crippen LogP contribution in [-0.4, -0.2) is 61.7 Å². The second-order valence-corrected chi connectivity index (χ2v) is 7.03. The van der Waals surface area contributed by atoms with Crippen molar-refractivity contribution in [3.05, 3.63) is 0 Å². The van der Waals surface area contributed by atoms with E-state index in [0.717, 1.165) is 19.0 Å². The highest BCUT2D eigenvalue weighted by Gasteiger charge is 2.42. The van der Waals surface area contributed by atoms with Gasteiger partial charge in [0.1, 0.15) is 5.54 Å². The SMILES string of the molecule is CCNC1(C#N)CCCC1CCN1CCC(N(C)C)CC1. The van der Waals surface area contributed by atoms with Crippen LogP contribution < -0.4 is 5.32 Å². The molecule has 0 bridgehead atoms. The summed E-state index contributed by atoms with van der Waals surface area (Å²) < 4.78 is 0. The third kappa shape index (κ3) is 3.97. The van der Waals surface area contributed by atoms with Gasteiger partial charge in [-0.2, -0.15) is 5.26 Å². The lowest BCUT2D eigenvalue weighted by Gasteiger charge is -2.36. The minimum Gasteiger partial charge on any atom is -0.306 e. The zero-order valence-corrected chi connectivity index (χ0v) is 14.1. The second-order valence-electron chi connectivity index (χ2n) is 7.03. The number of rotatable bonds is 6. The van der Waals surface area contributed by atoms with Gasteiger partial charge in [-0.25, -0.2) is 0 Å². The molecule has 1 saturated heterocycles. The molecule has 0 spiro atoms. The van der Waals surface area contributed by atoms with Crippen molar-refractivity contribution in [3.63, 3.8) is 0 Å². The van der Waals surface area contributed by atoms with Crippen LogP contribution in [0.3, 0.4) is 0 Å². The van der Waals surface area contributed by atoms with Crippen LogP contribution in [-0.2, 0) is 0 Å². The van der Waals surface area contributed by atoms with Crippen molar-refractivity contribution in [2.24, 2.45) is 5.92 Å². The van der Waals surface area contributed by atoms with Crippen molar-refractivity contribution < 1.29 is 0 Å². The summed E-state index contributed by atoms with van der Waals surface area (Å²) in [5, 5.41) is 13.1. The zero-order valence-electron chi connectivity index (χ0n) is 14.1. The largest absolute Gasteiger partial charge is 0.306 e. The van der Waals surface area contributed by atoms with Crippen LogP contribution in [0.4, 0.5) is 0 Å². The number of likely N-dealkylation sites (tertiary alicyclic amines) is 1. The Morgan fingerprint density at radius 1 is 1.29 bits per heavy atom. The number of nitrogens with zero attached hydrogens (tertiary/aromatic N) is 3. The molecular weight excluding hydrogens is 260 g/mol. The van der Waals surface area contributed by atoms with E-state index in [0.29, 0.717) is 5.92 Å². The summed E-state index contributed by atoms with van der Waals surface area (Å²) in [6.45, 7) is 6.62. The van der Waals surface area contributed by atoms with E-state index in [1.165, 1.54) is 51.7 Å². The van der Waals surface area contributed by atoms with Crippen molar-refractivity contribution in [2.75, 3.05) is 40.3 Å². The Hall–Kier alpha value is -0.630. The molecule has 2 fully saturated rings. The van der Waals surface area contributed by atoms with Gasteiger partial charge in [-0.05, 0) is 78.3 Å². The molecule has 2 unspecified atom stereocenters. The molecule has 4 heteroatoms. The molecule has 1 N–H and O–H groups in total. The van der Waals surface area contributed by atoms with Gasteiger partial charge in [-0.3, -0.25) is 5.32 Å². The van der Waals surface area contributed by atoms with Gasteiger partial charge >= 0.3 is 0 Å². The van der Waals surface area contributed by atoms with E-state index >= 15 is 0 Å². The molecule has 2 atom stereocenters.